The molecule has 0 aromatic heterocycles. The molecule has 1 heterocycles. The molecule has 104 valence electrons. The van der Waals surface area contributed by atoms with Gasteiger partial charge in [0.2, 0.25) is 5.91 Å². The summed E-state index contributed by atoms with van der Waals surface area (Å²) < 4.78 is 0. The molecule has 0 radical (unpaired) electrons. The van der Waals surface area contributed by atoms with Gasteiger partial charge in [-0.3, -0.25) is 4.79 Å². The lowest BCUT2D eigenvalue weighted by molar-refractivity contribution is -0.118. The fraction of sp³-hybridized carbons (Fsp3) is 0.500. The largest absolute Gasteiger partial charge is 0.368 e. The van der Waals surface area contributed by atoms with Crippen LogP contribution in [0.15, 0.2) is 30.3 Å². The number of piperazine rings is 1. The third-order valence-electron chi connectivity index (χ3n) is 3.24. The Morgan fingerprint density at radius 3 is 2.84 bits per heavy atom. The molecule has 2 unspecified atom stereocenters. The minimum atomic E-state index is -0.118. The zero-order valence-corrected chi connectivity index (χ0v) is 11.9. The molecule has 4 nitrogen and oxygen atoms in total. The highest BCUT2D eigenvalue weighted by molar-refractivity contribution is 6.27. The standard InChI is InChI=1S/C14H20ClN3O/c1-11-9-18(13-5-3-2-4-6-13)10-12(17-11)8-16-14(19)7-15/h2-6,11-12,17H,7-10H2,1H3,(H,16,19). The number of hydrogen-bond acceptors (Lipinski definition) is 3. The van der Waals surface area contributed by atoms with E-state index in [0.717, 1.165) is 13.1 Å². The van der Waals surface area contributed by atoms with Gasteiger partial charge in [0.05, 0.1) is 0 Å². The first-order chi connectivity index (χ1) is 9.19. The van der Waals surface area contributed by atoms with Crippen molar-refractivity contribution >= 4 is 23.2 Å². The van der Waals surface area contributed by atoms with Crippen LogP contribution in [0.5, 0.6) is 0 Å². The van der Waals surface area contributed by atoms with Crippen LogP contribution in [0.3, 0.4) is 0 Å². The Bertz CT molecular complexity index is 412. The number of amides is 1. The third-order valence-corrected chi connectivity index (χ3v) is 3.49. The number of carbonyl (C=O) groups is 1. The first kappa shape index (κ1) is 14.2. The Morgan fingerprint density at radius 2 is 2.16 bits per heavy atom. The van der Waals surface area contributed by atoms with E-state index < -0.39 is 0 Å². The molecule has 0 bridgehead atoms. The van der Waals surface area contributed by atoms with Crippen molar-refractivity contribution in [2.75, 3.05) is 30.4 Å². The van der Waals surface area contributed by atoms with Gasteiger partial charge in [-0.05, 0) is 19.1 Å². The molecule has 19 heavy (non-hydrogen) atoms. The van der Waals surface area contributed by atoms with Gasteiger partial charge in [0.25, 0.3) is 0 Å². The third kappa shape index (κ3) is 4.11. The van der Waals surface area contributed by atoms with Crippen LogP contribution in [-0.2, 0) is 4.79 Å². The van der Waals surface area contributed by atoms with E-state index >= 15 is 0 Å². The Hall–Kier alpha value is -1.26. The van der Waals surface area contributed by atoms with Gasteiger partial charge in [-0.1, -0.05) is 18.2 Å². The minimum absolute atomic E-state index is 0.0185. The van der Waals surface area contributed by atoms with Crippen LogP contribution in [0.2, 0.25) is 0 Å². The van der Waals surface area contributed by atoms with Gasteiger partial charge in [-0.15, -0.1) is 11.6 Å². The first-order valence-electron chi connectivity index (χ1n) is 6.57. The van der Waals surface area contributed by atoms with Crippen molar-refractivity contribution in [1.29, 1.82) is 0 Å². The van der Waals surface area contributed by atoms with E-state index in [2.05, 4.69) is 34.6 Å². The number of para-hydroxylation sites is 1. The second kappa shape index (κ2) is 6.78. The number of alkyl halides is 1. The van der Waals surface area contributed by atoms with Crippen molar-refractivity contribution in [2.45, 2.75) is 19.0 Å². The van der Waals surface area contributed by atoms with E-state index in [1.54, 1.807) is 0 Å². The van der Waals surface area contributed by atoms with Gasteiger partial charge in [0.1, 0.15) is 5.88 Å². The summed E-state index contributed by atoms with van der Waals surface area (Å²) in [6.07, 6.45) is 0. The van der Waals surface area contributed by atoms with Crippen molar-refractivity contribution in [3.8, 4) is 0 Å². The second-order valence-corrected chi connectivity index (χ2v) is 5.21. The van der Waals surface area contributed by atoms with Crippen LogP contribution in [0.1, 0.15) is 6.92 Å². The monoisotopic (exact) mass is 281 g/mol. The molecule has 1 amide bonds. The van der Waals surface area contributed by atoms with Gasteiger partial charge >= 0.3 is 0 Å². The lowest BCUT2D eigenvalue weighted by Gasteiger charge is -2.39. The number of anilines is 1. The zero-order valence-electron chi connectivity index (χ0n) is 11.1. The molecular weight excluding hydrogens is 262 g/mol. The second-order valence-electron chi connectivity index (χ2n) is 4.94. The average molecular weight is 282 g/mol. The lowest BCUT2D eigenvalue weighted by Crippen LogP contribution is -2.59. The van der Waals surface area contributed by atoms with Gasteiger partial charge in [-0.2, -0.15) is 0 Å². The molecule has 2 atom stereocenters. The summed E-state index contributed by atoms with van der Waals surface area (Å²) in [5.41, 5.74) is 1.23. The topological polar surface area (TPSA) is 44.4 Å². The Balaban J connectivity index is 1.94. The van der Waals surface area contributed by atoms with E-state index in [1.165, 1.54) is 5.69 Å². The summed E-state index contributed by atoms with van der Waals surface area (Å²) in [7, 11) is 0. The molecule has 1 aliphatic rings. The molecule has 1 aliphatic heterocycles. The summed E-state index contributed by atoms with van der Waals surface area (Å²) in [6.45, 7) is 4.63. The summed E-state index contributed by atoms with van der Waals surface area (Å²) >= 11 is 5.48. The van der Waals surface area contributed by atoms with E-state index in [-0.39, 0.29) is 17.8 Å². The summed E-state index contributed by atoms with van der Waals surface area (Å²) in [6, 6.07) is 11.0. The first-order valence-corrected chi connectivity index (χ1v) is 7.11. The molecule has 2 rings (SSSR count). The Kier molecular flexibility index (Phi) is 5.05. The Morgan fingerprint density at radius 1 is 1.42 bits per heavy atom. The highest BCUT2D eigenvalue weighted by Crippen LogP contribution is 2.16. The number of nitrogens with zero attached hydrogens (tertiary/aromatic N) is 1. The highest BCUT2D eigenvalue weighted by Gasteiger charge is 2.24. The fourth-order valence-electron chi connectivity index (χ4n) is 2.44. The Labute approximate surface area is 119 Å². The fourth-order valence-corrected chi connectivity index (χ4v) is 2.53. The molecule has 1 aromatic carbocycles. The van der Waals surface area contributed by atoms with Crippen molar-refractivity contribution in [3.05, 3.63) is 30.3 Å². The number of carbonyl (C=O) groups excluding carboxylic acids is 1. The van der Waals surface area contributed by atoms with Crippen molar-refractivity contribution in [3.63, 3.8) is 0 Å². The maximum absolute atomic E-state index is 11.2. The number of rotatable bonds is 4. The predicted molar refractivity (Wildman–Crippen MR) is 78.8 cm³/mol. The average Bonchev–Trinajstić information content (AvgIpc) is 2.45. The number of hydrogen-bond donors (Lipinski definition) is 2. The van der Waals surface area contributed by atoms with Crippen LogP contribution < -0.4 is 15.5 Å². The minimum Gasteiger partial charge on any atom is -0.368 e. The quantitative estimate of drug-likeness (QED) is 0.816. The molecular formula is C14H20ClN3O. The van der Waals surface area contributed by atoms with E-state index in [9.17, 15) is 4.79 Å². The maximum Gasteiger partial charge on any atom is 0.234 e. The molecule has 0 spiro atoms. The van der Waals surface area contributed by atoms with Crippen LogP contribution in [0.4, 0.5) is 5.69 Å². The van der Waals surface area contributed by atoms with Crippen molar-refractivity contribution < 1.29 is 4.79 Å². The van der Waals surface area contributed by atoms with Gasteiger partial charge in [0, 0.05) is 37.4 Å². The molecule has 1 aromatic rings. The number of nitrogens with one attached hydrogen (secondary N) is 2. The van der Waals surface area contributed by atoms with Crippen LogP contribution >= 0.6 is 11.6 Å². The molecule has 1 fully saturated rings. The molecule has 0 saturated carbocycles. The smallest absolute Gasteiger partial charge is 0.234 e. The van der Waals surface area contributed by atoms with E-state index in [4.69, 9.17) is 11.6 Å². The molecule has 0 aliphatic carbocycles. The normalized spacial score (nSPS) is 23.2. The highest BCUT2D eigenvalue weighted by atomic mass is 35.5. The van der Waals surface area contributed by atoms with Crippen molar-refractivity contribution in [1.82, 2.24) is 10.6 Å². The molecule has 5 heteroatoms. The SMILES string of the molecule is CC1CN(c2ccccc2)CC(CNC(=O)CCl)N1. The van der Waals surface area contributed by atoms with Crippen molar-refractivity contribution in [2.24, 2.45) is 0 Å². The summed E-state index contributed by atoms with van der Waals surface area (Å²) in [5.74, 6) is -0.0991. The van der Waals surface area contributed by atoms with E-state index in [0.29, 0.717) is 12.6 Å². The zero-order chi connectivity index (χ0) is 13.7. The van der Waals surface area contributed by atoms with Crippen LogP contribution in [0.25, 0.3) is 0 Å². The summed E-state index contributed by atoms with van der Waals surface area (Å²) in [5, 5.41) is 6.33. The van der Waals surface area contributed by atoms with Gasteiger partial charge in [-0.25, -0.2) is 0 Å². The predicted octanol–water partition coefficient (Wildman–Crippen LogP) is 1.21. The molecule has 1 saturated heterocycles. The number of benzene rings is 1. The van der Waals surface area contributed by atoms with Gasteiger partial charge < -0.3 is 15.5 Å². The number of halogens is 1. The van der Waals surface area contributed by atoms with Crippen LogP contribution in [0, 0.1) is 0 Å². The maximum atomic E-state index is 11.2. The molecule has 2 N–H and O–H groups in total. The van der Waals surface area contributed by atoms with Gasteiger partial charge in [0.15, 0.2) is 0 Å². The summed E-state index contributed by atoms with van der Waals surface area (Å²) in [4.78, 5) is 13.5. The lowest BCUT2D eigenvalue weighted by atomic mass is 10.1. The van der Waals surface area contributed by atoms with E-state index in [1.807, 2.05) is 18.2 Å². The van der Waals surface area contributed by atoms with Crippen LogP contribution in [-0.4, -0.2) is 43.5 Å².